The average Bonchev–Trinajstić information content (AvgIpc) is 3.13. The van der Waals surface area contributed by atoms with Crippen LogP contribution in [0.1, 0.15) is 38.2 Å². The smallest absolute Gasteiger partial charge is 0.257 e. The maximum absolute atomic E-state index is 12.6. The SMILES string of the molecule is Cc1cc(C)cc(C(=O)NC(=S)Nc2cccc(-c3nc4cc(C)cc(C)c4o3)c2C)c1. The van der Waals surface area contributed by atoms with Crippen LogP contribution in [-0.4, -0.2) is 16.0 Å². The Bertz CT molecular complexity index is 1350. The first kappa shape index (κ1) is 21.7. The van der Waals surface area contributed by atoms with Gasteiger partial charge in [-0.3, -0.25) is 10.1 Å². The van der Waals surface area contributed by atoms with Crippen LogP contribution in [0.4, 0.5) is 5.69 Å². The number of hydrogen-bond donors (Lipinski definition) is 2. The molecule has 0 aliphatic heterocycles. The standard InChI is InChI=1S/C26H25N3O2S/c1-14-9-15(2)12-19(11-14)24(30)29-26(32)28-21-8-6-7-20(18(21)5)25-27-22-13-16(3)10-17(4)23(22)31-25/h6-13H,1-5H3,(H2,28,29,30,32). The van der Waals surface area contributed by atoms with E-state index in [2.05, 4.69) is 16.7 Å². The topological polar surface area (TPSA) is 67.2 Å². The molecule has 6 heteroatoms. The van der Waals surface area contributed by atoms with E-state index in [4.69, 9.17) is 21.6 Å². The van der Waals surface area contributed by atoms with Crippen LogP contribution < -0.4 is 10.6 Å². The maximum Gasteiger partial charge on any atom is 0.257 e. The number of oxazole rings is 1. The van der Waals surface area contributed by atoms with Gasteiger partial charge in [-0.1, -0.05) is 29.3 Å². The molecule has 1 amide bonds. The first-order chi connectivity index (χ1) is 15.2. The maximum atomic E-state index is 12.6. The van der Waals surface area contributed by atoms with Crippen molar-refractivity contribution in [2.75, 3.05) is 5.32 Å². The number of carbonyl (C=O) groups excluding carboxylic acids is 1. The molecule has 0 aliphatic carbocycles. The van der Waals surface area contributed by atoms with Crippen LogP contribution in [-0.2, 0) is 0 Å². The summed E-state index contributed by atoms with van der Waals surface area (Å²) in [6.45, 7) is 9.96. The summed E-state index contributed by atoms with van der Waals surface area (Å²) in [5, 5.41) is 6.13. The number of rotatable bonds is 3. The number of benzene rings is 3. The highest BCUT2D eigenvalue weighted by molar-refractivity contribution is 7.80. The molecular formula is C26H25N3O2S. The highest BCUT2D eigenvalue weighted by Crippen LogP contribution is 2.32. The van der Waals surface area contributed by atoms with Crippen LogP contribution in [0.25, 0.3) is 22.6 Å². The van der Waals surface area contributed by atoms with E-state index < -0.39 is 0 Å². The molecule has 0 saturated heterocycles. The molecule has 0 bridgehead atoms. The number of thiocarbonyl (C=S) groups is 1. The van der Waals surface area contributed by atoms with Crippen molar-refractivity contribution in [1.29, 1.82) is 0 Å². The normalized spacial score (nSPS) is 10.9. The molecule has 0 fully saturated rings. The quantitative estimate of drug-likeness (QED) is 0.371. The van der Waals surface area contributed by atoms with Gasteiger partial charge in [0.15, 0.2) is 10.7 Å². The Morgan fingerprint density at radius 2 is 1.62 bits per heavy atom. The van der Waals surface area contributed by atoms with Gasteiger partial charge >= 0.3 is 0 Å². The van der Waals surface area contributed by atoms with Crippen LogP contribution in [0.2, 0.25) is 0 Å². The molecule has 0 radical (unpaired) electrons. The highest BCUT2D eigenvalue weighted by Gasteiger charge is 2.16. The average molecular weight is 444 g/mol. The molecule has 1 heterocycles. The Balaban J connectivity index is 1.57. The van der Waals surface area contributed by atoms with Crippen LogP contribution in [0.15, 0.2) is 52.9 Å². The van der Waals surface area contributed by atoms with Gasteiger partial charge in [0.2, 0.25) is 5.89 Å². The zero-order valence-electron chi connectivity index (χ0n) is 18.8. The number of hydrogen-bond acceptors (Lipinski definition) is 4. The summed E-state index contributed by atoms with van der Waals surface area (Å²) in [5.41, 5.74) is 9.04. The molecule has 1 aromatic heterocycles. The van der Waals surface area contributed by atoms with Crippen molar-refractivity contribution in [3.05, 3.63) is 81.9 Å². The minimum absolute atomic E-state index is 0.235. The summed E-state index contributed by atoms with van der Waals surface area (Å²) < 4.78 is 6.08. The van der Waals surface area contributed by atoms with Crippen molar-refractivity contribution in [2.45, 2.75) is 34.6 Å². The fourth-order valence-corrected chi connectivity index (χ4v) is 4.13. The summed E-state index contributed by atoms with van der Waals surface area (Å²) in [6.07, 6.45) is 0. The zero-order chi connectivity index (χ0) is 23.0. The Morgan fingerprint density at radius 1 is 0.938 bits per heavy atom. The van der Waals surface area contributed by atoms with Gasteiger partial charge in [-0.15, -0.1) is 0 Å². The van der Waals surface area contributed by atoms with Gasteiger partial charge in [0.25, 0.3) is 5.91 Å². The van der Waals surface area contributed by atoms with Gasteiger partial charge in [0, 0.05) is 16.8 Å². The lowest BCUT2D eigenvalue weighted by molar-refractivity contribution is 0.0977. The summed E-state index contributed by atoms with van der Waals surface area (Å²) in [4.78, 5) is 17.3. The molecule has 2 N–H and O–H groups in total. The lowest BCUT2D eigenvalue weighted by Crippen LogP contribution is -2.34. The molecule has 162 valence electrons. The van der Waals surface area contributed by atoms with Gasteiger partial charge in [0.05, 0.1) is 0 Å². The van der Waals surface area contributed by atoms with Crippen LogP contribution in [0.5, 0.6) is 0 Å². The molecule has 4 rings (SSSR count). The van der Waals surface area contributed by atoms with Gasteiger partial charge < -0.3 is 9.73 Å². The van der Waals surface area contributed by atoms with E-state index in [1.54, 1.807) is 0 Å². The molecule has 0 spiro atoms. The number of aromatic nitrogens is 1. The summed E-state index contributed by atoms with van der Waals surface area (Å²) in [5.74, 6) is 0.313. The van der Waals surface area contributed by atoms with Crippen molar-refractivity contribution in [3.8, 4) is 11.5 Å². The number of anilines is 1. The van der Waals surface area contributed by atoms with Gasteiger partial charge in [-0.25, -0.2) is 4.98 Å². The van der Waals surface area contributed by atoms with E-state index in [1.165, 1.54) is 0 Å². The van der Waals surface area contributed by atoms with Crippen molar-refractivity contribution < 1.29 is 9.21 Å². The lowest BCUT2D eigenvalue weighted by Gasteiger charge is -2.14. The third-order valence-electron chi connectivity index (χ3n) is 5.34. The number of fused-ring (bicyclic) bond motifs is 1. The first-order valence-electron chi connectivity index (χ1n) is 10.4. The van der Waals surface area contributed by atoms with E-state index in [-0.39, 0.29) is 11.0 Å². The van der Waals surface area contributed by atoms with E-state index in [9.17, 15) is 4.79 Å². The predicted octanol–water partition coefficient (Wildman–Crippen LogP) is 6.16. The Labute approximate surface area is 192 Å². The highest BCUT2D eigenvalue weighted by atomic mass is 32.1. The third-order valence-corrected chi connectivity index (χ3v) is 5.55. The van der Waals surface area contributed by atoms with Crippen molar-refractivity contribution >= 4 is 40.0 Å². The molecule has 5 nitrogen and oxygen atoms in total. The minimum atomic E-state index is -0.243. The van der Waals surface area contributed by atoms with Crippen LogP contribution in [0, 0.1) is 34.6 Å². The molecule has 0 aliphatic rings. The predicted molar refractivity (Wildman–Crippen MR) is 133 cm³/mol. The van der Waals surface area contributed by atoms with Crippen LogP contribution in [0.3, 0.4) is 0 Å². The molecule has 32 heavy (non-hydrogen) atoms. The minimum Gasteiger partial charge on any atom is -0.436 e. The number of aryl methyl sites for hydroxylation is 4. The van der Waals surface area contributed by atoms with E-state index >= 15 is 0 Å². The second-order valence-corrected chi connectivity index (χ2v) is 8.62. The fraction of sp³-hybridized carbons (Fsp3) is 0.192. The van der Waals surface area contributed by atoms with E-state index in [0.29, 0.717) is 11.5 Å². The number of nitrogens with one attached hydrogen (secondary N) is 2. The zero-order valence-corrected chi connectivity index (χ0v) is 19.6. The number of nitrogens with zero attached hydrogens (tertiary/aromatic N) is 1. The first-order valence-corrected chi connectivity index (χ1v) is 10.8. The Hall–Kier alpha value is -3.51. The second-order valence-electron chi connectivity index (χ2n) is 8.21. The summed E-state index contributed by atoms with van der Waals surface area (Å²) in [7, 11) is 0. The van der Waals surface area contributed by atoms with Crippen molar-refractivity contribution in [2.24, 2.45) is 0 Å². The van der Waals surface area contributed by atoms with Crippen LogP contribution >= 0.6 is 12.2 Å². The monoisotopic (exact) mass is 443 g/mol. The third kappa shape index (κ3) is 4.41. The van der Waals surface area contributed by atoms with Gasteiger partial charge in [0.1, 0.15) is 5.52 Å². The van der Waals surface area contributed by atoms with Crippen molar-refractivity contribution in [3.63, 3.8) is 0 Å². The van der Waals surface area contributed by atoms with Crippen molar-refractivity contribution in [1.82, 2.24) is 10.3 Å². The molecule has 4 aromatic rings. The summed E-state index contributed by atoms with van der Waals surface area (Å²) >= 11 is 5.40. The summed E-state index contributed by atoms with van der Waals surface area (Å²) in [6, 6.07) is 15.6. The van der Waals surface area contributed by atoms with E-state index in [0.717, 1.165) is 50.2 Å². The molecule has 0 atom stereocenters. The molecular weight excluding hydrogens is 418 g/mol. The lowest BCUT2D eigenvalue weighted by atomic mass is 10.1. The fourth-order valence-electron chi connectivity index (χ4n) is 3.93. The Morgan fingerprint density at radius 3 is 2.34 bits per heavy atom. The number of amides is 1. The van der Waals surface area contributed by atoms with Gasteiger partial charge in [-0.2, -0.15) is 0 Å². The molecule has 0 saturated carbocycles. The molecule has 0 unspecified atom stereocenters. The number of carbonyl (C=O) groups is 1. The second kappa shape index (κ2) is 8.55. The van der Waals surface area contributed by atoms with E-state index in [1.807, 2.05) is 77.1 Å². The van der Waals surface area contributed by atoms with Gasteiger partial charge in [-0.05, 0) is 93.9 Å². The molecule has 3 aromatic carbocycles. The Kier molecular flexibility index (Phi) is 5.80. The largest absolute Gasteiger partial charge is 0.436 e.